The molecule has 0 amide bonds. The second-order valence-electron chi connectivity index (χ2n) is 4.70. The standard InChI is InChI=1S/C12H17N3O3S/c1-7(16)10-9(11(17)18)14-12(19-10)13-5-6-15(2)8-3-4-8/h8H,3-6H2,1-2H3,(H,13,14)(H,17,18). The van der Waals surface area contributed by atoms with E-state index < -0.39 is 5.97 Å². The van der Waals surface area contributed by atoms with Gasteiger partial charge in [-0.05, 0) is 19.9 Å². The van der Waals surface area contributed by atoms with Gasteiger partial charge in [0, 0.05) is 26.1 Å². The van der Waals surface area contributed by atoms with Crippen LogP contribution in [0.2, 0.25) is 0 Å². The molecule has 1 aliphatic carbocycles. The minimum absolute atomic E-state index is 0.157. The number of hydrogen-bond acceptors (Lipinski definition) is 6. The number of carboxylic acid groups (broad SMARTS) is 1. The van der Waals surface area contributed by atoms with Crippen molar-refractivity contribution in [3.8, 4) is 0 Å². The van der Waals surface area contributed by atoms with Gasteiger partial charge in [0.05, 0.1) is 0 Å². The summed E-state index contributed by atoms with van der Waals surface area (Å²) in [6, 6.07) is 0.695. The largest absolute Gasteiger partial charge is 0.476 e. The van der Waals surface area contributed by atoms with Crippen LogP contribution in [0.4, 0.5) is 5.13 Å². The molecule has 0 unspecified atom stereocenters. The van der Waals surface area contributed by atoms with E-state index in [-0.39, 0.29) is 16.4 Å². The van der Waals surface area contributed by atoms with Crippen molar-refractivity contribution in [1.82, 2.24) is 9.88 Å². The van der Waals surface area contributed by atoms with Gasteiger partial charge in [-0.3, -0.25) is 4.79 Å². The van der Waals surface area contributed by atoms with Gasteiger partial charge in [0.1, 0.15) is 4.88 Å². The van der Waals surface area contributed by atoms with E-state index in [9.17, 15) is 9.59 Å². The summed E-state index contributed by atoms with van der Waals surface area (Å²) in [7, 11) is 2.07. The number of anilines is 1. The van der Waals surface area contributed by atoms with E-state index in [0.29, 0.717) is 17.7 Å². The van der Waals surface area contributed by atoms with Crippen molar-refractivity contribution in [3.05, 3.63) is 10.6 Å². The number of carboxylic acids is 1. The predicted octanol–water partition coefficient (Wildman–Crippen LogP) is 1.55. The Bertz CT molecular complexity index is 465. The van der Waals surface area contributed by atoms with Crippen LogP contribution in [0.5, 0.6) is 0 Å². The van der Waals surface area contributed by atoms with Crippen molar-refractivity contribution < 1.29 is 14.7 Å². The van der Waals surface area contributed by atoms with Gasteiger partial charge in [-0.25, -0.2) is 9.78 Å². The third-order valence-electron chi connectivity index (χ3n) is 3.06. The molecule has 19 heavy (non-hydrogen) atoms. The average Bonchev–Trinajstić information content (AvgIpc) is 3.09. The van der Waals surface area contributed by atoms with Gasteiger partial charge in [0.25, 0.3) is 0 Å². The van der Waals surface area contributed by atoms with Gasteiger partial charge < -0.3 is 15.3 Å². The molecule has 0 bridgehead atoms. The molecule has 0 aromatic carbocycles. The zero-order valence-corrected chi connectivity index (χ0v) is 11.8. The summed E-state index contributed by atoms with van der Waals surface area (Å²) in [5.74, 6) is -1.43. The summed E-state index contributed by atoms with van der Waals surface area (Å²) < 4.78 is 0. The highest BCUT2D eigenvalue weighted by Gasteiger charge is 2.25. The summed E-state index contributed by atoms with van der Waals surface area (Å²) in [6.07, 6.45) is 2.51. The van der Waals surface area contributed by atoms with Gasteiger partial charge in [-0.15, -0.1) is 0 Å². The van der Waals surface area contributed by atoms with Crippen molar-refractivity contribution in [1.29, 1.82) is 0 Å². The number of carbonyl (C=O) groups is 2. The molecule has 2 rings (SSSR count). The Morgan fingerprint density at radius 1 is 1.53 bits per heavy atom. The third kappa shape index (κ3) is 3.51. The second kappa shape index (κ2) is 5.66. The van der Waals surface area contributed by atoms with Gasteiger partial charge in [0.15, 0.2) is 16.6 Å². The normalized spacial score (nSPS) is 14.7. The highest BCUT2D eigenvalue weighted by atomic mass is 32.1. The molecule has 1 saturated carbocycles. The number of aromatic carboxylic acids is 1. The number of nitrogens with one attached hydrogen (secondary N) is 1. The highest BCUT2D eigenvalue weighted by Crippen LogP contribution is 2.26. The first-order chi connectivity index (χ1) is 8.99. The number of aromatic nitrogens is 1. The molecule has 2 N–H and O–H groups in total. The summed E-state index contributed by atoms with van der Waals surface area (Å²) in [5.41, 5.74) is -0.157. The zero-order chi connectivity index (χ0) is 14.0. The maximum atomic E-state index is 11.3. The summed E-state index contributed by atoms with van der Waals surface area (Å²) >= 11 is 1.10. The van der Waals surface area contributed by atoms with Crippen LogP contribution < -0.4 is 5.32 Å². The van der Waals surface area contributed by atoms with Gasteiger partial charge in [-0.1, -0.05) is 11.3 Å². The topological polar surface area (TPSA) is 82.5 Å². The lowest BCUT2D eigenvalue weighted by Gasteiger charge is -2.15. The first kappa shape index (κ1) is 14.0. The van der Waals surface area contributed by atoms with Crippen LogP contribution in [0.3, 0.4) is 0 Å². The zero-order valence-electron chi connectivity index (χ0n) is 11.0. The molecule has 1 aliphatic rings. The lowest BCUT2D eigenvalue weighted by molar-refractivity contribution is 0.0687. The molecule has 1 aromatic rings. The van der Waals surface area contributed by atoms with Crippen molar-refractivity contribution in [3.63, 3.8) is 0 Å². The second-order valence-corrected chi connectivity index (χ2v) is 5.70. The summed E-state index contributed by atoms with van der Waals surface area (Å²) in [4.78, 5) is 28.7. The van der Waals surface area contributed by atoms with Crippen LogP contribution >= 0.6 is 11.3 Å². The fourth-order valence-corrected chi connectivity index (χ4v) is 2.69. The van der Waals surface area contributed by atoms with Crippen LogP contribution in [0, 0.1) is 0 Å². The lowest BCUT2D eigenvalue weighted by atomic mass is 10.3. The minimum Gasteiger partial charge on any atom is -0.476 e. The van der Waals surface area contributed by atoms with Crippen molar-refractivity contribution in [2.75, 3.05) is 25.5 Å². The molecule has 0 aliphatic heterocycles. The fourth-order valence-electron chi connectivity index (χ4n) is 1.82. The van der Waals surface area contributed by atoms with E-state index >= 15 is 0 Å². The molecular formula is C12H17N3O3S. The first-order valence-corrected chi connectivity index (χ1v) is 7.00. The minimum atomic E-state index is -1.16. The molecule has 7 heteroatoms. The Kier molecular flexibility index (Phi) is 4.16. The van der Waals surface area contributed by atoms with Gasteiger partial charge in [0.2, 0.25) is 0 Å². The number of carbonyl (C=O) groups excluding carboxylic acids is 1. The predicted molar refractivity (Wildman–Crippen MR) is 73.2 cm³/mol. The SMILES string of the molecule is CC(=O)c1sc(NCCN(C)C2CC2)nc1C(=O)O. The molecule has 0 atom stereocenters. The Morgan fingerprint density at radius 2 is 2.21 bits per heavy atom. The Balaban J connectivity index is 1.94. The molecule has 104 valence electrons. The van der Waals surface area contributed by atoms with Crippen molar-refractivity contribution in [2.45, 2.75) is 25.8 Å². The lowest BCUT2D eigenvalue weighted by Crippen LogP contribution is -2.26. The third-order valence-corrected chi connectivity index (χ3v) is 4.17. The van der Waals surface area contributed by atoms with E-state index in [1.165, 1.54) is 19.8 Å². The molecule has 1 aromatic heterocycles. The van der Waals surface area contributed by atoms with Crippen molar-refractivity contribution in [2.24, 2.45) is 0 Å². The Hall–Kier alpha value is -1.47. The number of rotatable bonds is 7. The van der Waals surface area contributed by atoms with Crippen LogP contribution in [0.1, 0.15) is 39.9 Å². The molecule has 1 heterocycles. The summed E-state index contributed by atoms with van der Waals surface area (Å²) in [5, 5.41) is 12.5. The number of likely N-dealkylation sites (N-methyl/N-ethyl adjacent to an activating group) is 1. The summed E-state index contributed by atoms with van der Waals surface area (Å²) in [6.45, 7) is 2.92. The molecule has 0 radical (unpaired) electrons. The maximum Gasteiger partial charge on any atom is 0.356 e. The maximum absolute atomic E-state index is 11.3. The Labute approximate surface area is 115 Å². The van der Waals surface area contributed by atoms with E-state index in [4.69, 9.17) is 5.11 Å². The van der Waals surface area contributed by atoms with Crippen LogP contribution in [0.15, 0.2) is 0 Å². The smallest absolute Gasteiger partial charge is 0.356 e. The van der Waals surface area contributed by atoms with Crippen LogP contribution in [-0.4, -0.2) is 52.9 Å². The van der Waals surface area contributed by atoms with Crippen molar-refractivity contribution >= 4 is 28.2 Å². The number of nitrogens with zero attached hydrogens (tertiary/aromatic N) is 2. The Morgan fingerprint density at radius 3 is 2.68 bits per heavy atom. The van der Waals surface area contributed by atoms with E-state index in [0.717, 1.165) is 17.9 Å². The van der Waals surface area contributed by atoms with Gasteiger partial charge in [-0.2, -0.15) is 0 Å². The molecular weight excluding hydrogens is 266 g/mol. The van der Waals surface area contributed by atoms with Crippen LogP contribution in [-0.2, 0) is 0 Å². The number of Topliss-reactive ketones (excluding diaryl/α,β-unsaturated/α-hetero) is 1. The fraction of sp³-hybridized carbons (Fsp3) is 0.583. The van der Waals surface area contributed by atoms with Gasteiger partial charge >= 0.3 is 5.97 Å². The van der Waals surface area contributed by atoms with E-state index in [1.54, 1.807) is 0 Å². The average molecular weight is 283 g/mol. The monoisotopic (exact) mass is 283 g/mol. The first-order valence-electron chi connectivity index (χ1n) is 6.18. The van der Waals surface area contributed by atoms with E-state index in [1.807, 2.05) is 0 Å². The highest BCUT2D eigenvalue weighted by molar-refractivity contribution is 7.17. The number of hydrogen-bond donors (Lipinski definition) is 2. The molecule has 0 saturated heterocycles. The van der Waals surface area contributed by atoms with Crippen LogP contribution in [0.25, 0.3) is 0 Å². The molecule has 0 spiro atoms. The molecule has 1 fully saturated rings. The quantitative estimate of drug-likeness (QED) is 0.739. The van der Waals surface area contributed by atoms with E-state index in [2.05, 4.69) is 22.2 Å². The number of ketones is 1. The number of thiazole rings is 1. The molecule has 6 nitrogen and oxygen atoms in total.